The molecule has 0 spiro atoms. The summed E-state index contributed by atoms with van der Waals surface area (Å²) in [5.74, 6) is 0.631. The second-order valence-corrected chi connectivity index (χ2v) is 18.5. The Kier molecular flexibility index (Phi) is 9.70. The average Bonchev–Trinajstić information content (AvgIpc) is 3.86. The fraction of sp³-hybridized carbons (Fsp3) is 0.194. The van der Waals surface area contributed by atoms with Gasteiger partial charge >= 0.3 is 0 Å². The molecule has 0 aliphatic heterocycles. The maximum absolute atomic E-state index is 2.50. The maximum Gasteiger partial charge on any atom is 0.0541 e. The van der Waals surface area contributed by atoms with Crippen molar-refractivity contribution in [3.8, 4) is 11.4 Å². The lowest BCUT2D eigenvalue weighted by molar-refractivity contribution is 0.566. The Morgan fingerprint density at radius 1 is 0.391 bits per heavy atom. The number of fused-ring (bicyclic) bond motifs is 6. The Hall–Kier alpha value is -6.90. The highest BCUT2D eigenvalue weighted by molar-refractivity contribution is 6.10. The second kappa shape index (κ2) is 16.0. The molecule has 0 bridgehead atoms. The molecule has 2 heterocycles. The summed E-state index contributed by atoms with van der Waals surface area (Å²) in [4.78, 5) is 0. The van der Waals surface area contributed by atoms with Crippen molar-refractivity contribution >= 4 is 54.8 Å². The van der Waals surface area contributed by atoms with Gasteiger partial charge in [-0.1, -0.05) is 173 Å². The molecule has 2 heteroatoms. The molecule has 2 unspecified atom stereocenters. The summed E-state index contributed by atoms with van der Waals surface area (Å²) in [6.45, 7) is 4.59. The molecule has 0 N–H and O–H groups in total. The number of hydrogen-bond acceptors (Lipinski definition) is 0. The zero-order valence-electron chi connectivity index (χ0n) is 37.0. The van der Waals surface area contributed by atoms with Crippen LogP contribution in [0.1, 0.15) is 74.6 Å². The molecule has 2 aromatic heterocycles. The predicted molar refractivity (Wildman–Crippen MR) is 272 cm³/mol. The van der Waals surface area contributed by atoms with Crippen molar-refractivity contribution in [1.82, 2.24) is 9.13 Å². The van der Waals surface area contributed by atoms with Crippen LogP contribution in [0, 0.1) is 11.8 Å². The molecular weight excluding hydrogens is 773 g/mol. The Morgan fingerprint density at radius 3 is 1.14 bits per heavy atom. The predicted octanol–water partition coefficient (Wildman–Crippen LogP) is 16.4. The van der Waals surface area contributed by atoms with Crippen molar-refractivity contribution in [2.75, 3.05) is 0 Å². The molecule has 0 fully saturated rings. The van der Waals surface area contributed by atoms with Crippen molar-refractivity contribution < 1.29 is 0 Å². The zero-order chi connectivity index (χ0) is 42.7. The average molecular weight is 827 g/mol. The molecule has 312 valence electrons. The number of para-hydroxylation sites is 4. The first-order valence-corrected chi connectivity index (χ1v) is 23.9. The van der Waals surface area contributed by atoms with Gasteiger partial charge < -0.3 is 9.13 Å². The molecule has 2 atom stereocenters. The summed E-state index contributed by atoms with van der Waals surface area (Å²) in [5.41, 5.74) is 21.2. The summed E-state index contributed by atoms with van der Waals surface area (Å²) in [7, 11) is 0. The highest BCUT2D eigenvalue weighted by atomic mass is 15.0. The van der Waals surface area contributed by atoms with Crippen LogP contribution in [0.4, 0.5) is 0 Å². The van der Waals surface area contributed by atoms with Gasteiger partial charge in [0.15, 0.2) is 0 Å². The van der Waals surface area contributed by atoms with Gasteiger partial charge in [-0.15, -0.1) is 0 Å². The number of rotatable bonds is 12. The lowest BCUT2D eigenvalue weighted by Crippen LogP contribution is -2.29. The van der Waals surface area contributed by atoms with E-state index in [4.69, 9.17) is 0 Å². The van der Waals surface area contributed by atoms with Crippen LogP contribution in [0.2, 0.25) is 0 Å². The van der Waals surface area contributed by atoms with E-state index in [1.165, 1.54) is 149 Å². The van der Waals surface area contributed by atoms with Crippen LogP contribution < -0.4 is 0 Å². The van der Waals surface area contributed by atoms with Gasteiger partial charge in [0.25, 0.3) is 0 Å². The highest BCUT2D eigenvalue weighted by Gasteiger charge is 2.38. The van der Waals surface area contributed by atoms with E-state index in [2.05, 4.69) is 205 Å². The number of aromatic nitrogens is 2. The molecule has 0 radical (unpaired) electrons. The standard InChI is InChI=1S/C62H54N2/c1-3-5-7-17-41-31-47(39-51(33-41)63-57-23-13-9-19-53(57)54-20-10-14-24-58(54)63)49-35-43-27-29-45-37-50(38-46-30-28-44(36-49)61(43)62(45)46)48-32-42(18-8-6-4-2)34-52(40-48)64-59-25-15-11-21-55(59)56-22-12-16-26-60(56)64/h9-16,19-40,61-62H,3-8,17-18H2,1-2H3. The third-order valence-corrected chi connectivity index (χ3v) is 14.4. The van der Waals surface area contributed by atoms with Crippen LogP contribution in [0.5, 0.6) is 0 Å². The Morgan fingerprint density at radius 2 is 0.766 bits per heavy atom. The van der Waals surface area contributed by atoms with Crippen LogP contribution in [0.15, 0.2) is 204 Å². The van der Waals surface area contributed by atoms with Crippen molar-refractivity contribution in [2.24, 2.45) is 11.8 Å². The van der Waals surface area contributed by atoms with Gasteiger partial charge in [0, 0.05) is 44.8 Å². The first-order valence-electron chi connectivity index (χ1n) is 23.9. The van der Waals surface area contributed by atoms with Gasteiger partial charge in [-0.05, 0) is 130 Å². The molecule has 0 amide bonds. The van der Waals surface area contributed by atoms with E-state index in [0.29, 0.717) is 11.8 Å². The molecule has 0 saturated heterocycles. The minimum absolute atomic E-state index is 0.316. The van der Waals surface area contributed by atoms with Gasteiger partial charge in [0.2, 0.25) is 0 Å². The lowest BCUT2D eigenvalue weighted by atomic mass is 9.63. The molecule has 0 saturated carbocycles. The Balaban J connectivity index is 0.951. The van der Waals surface area contributed by atoms with Crippen molar-refractivity contribution in [2.45, 2.75) is 65.2 Å². The number of benzene rings is 6. The number of unbranched alkanes of at least 4 members (excludes halogenated alkanes) is 4. The van der Waals surface area contributed by atoms with Crippen LogP contribution in [0.25, 0.3) is 66.1 Å². The normalized spacial score (nSPS) is 17.6. The minimum atomic E-state index is 0.316. The molecule has 12 rings (SSSR count). The summed E-state index contributed by atoms with van der Waals surface area (Å²) in [6.07, 6.45) is 29.2. The highest BCUT2D eigenvalue weighted by Crippen LogP contribution is 2.52. The van der Waals surface area contributed by atoms with Crippen LogP contribution in [-0.2, 0) is 12.8 Å². The Labute approximate surface area is 377 Å². The van der Waals surface area contributed by atoms with Crippen molar-refractivity contribution in [3.63, 3.8) is 0 Å². The molecule has 8 aromatic rings. The smallest absolute Gasteiger partial charge is 0.0541 e. The second-order valence-electron chi connectivity index (χ2n) is 18.5. The molecule has 64 heavy (non-hydrogen) atoms. The fourth-order valence-electron chi connectivity index (χ4n) is 11.4. The number of nitrogens with zero attached hydrogens (tertiary/aromatic N) is 2. The van der Waals surface area contributed by atoms with E-state index < -0.39 is 0 Å². The number of hydrogen-bond donors (Lipinski definition) is 0. The summed E-state index contributed by atoms with van der Waals surface area (Å²) in [5, 5.41) is 5.21. The monoisotopic (exact) mass is 826 g/mol. The topological polar surface area (TPSA) is 9.86 Å². The van der Waals surface area contributed by atoms with Crippen molar-refractivity contribution in [3.05, 3.63) is 227 Å². The zero-order valence-corrected chi connectivity index (χ0v) is 37.0. The molecule has 2 nitrogen and oxygen atoms in total. The Bertz CT molecular complexity index is 3080. The molecule has 4 aliphatic rings. The third-order valence-electron chi connectivity index (χ3n) is 14.4. The molecular formula is C62H54N2. The van der Waals surface area contributed by atoms with E-state index in [0.717, 1.165) is 12.8 Å². The summed E-state index contributed by atoms with van der Waals surface area (Å²) < 4.78 is 4.98. The number of aryl methyl sites for hydroxylation is 2. The van der Waals surface area contributed by atoms with Crippen LogP contribution in [-0.4, -0.2) is 9.13 Å². The quantitative estimate of drug-likeness (QED) is 0.109. The van der Waals surface area contributed by atoms with E-state index in [1.807, 2.05) is 0 Å². The van der Waals surface area contributed by atoms with Gasteiger partial charge in [-0.25, -0.2) is 0 Å². The first-order chi connectivity index (χ1) is 31.6. The van der Waals surface area contributed by atoms with Gasteiger partial charge in [-0.3, -0.25) is 0 Å². The number of allylic oxidation sites excluding steroid dienone is 14. The molecule has 4 aliphatic carbocycles. The fourth-order valence-corrected chi connectivity index (χ4v) is 11.4. The van der Waals surface area contributed by atoms with E-state index in [1.54, 1.807) is 0 Å². The van der Waals surface area contributed by atoms with Gasteiger partial charge in [-0.2, -0.15) is 0 Å². The van der Waals surface area contributed by atoms with Gasteiger partial charge in [0.1, 0.15) is 0 Å². The third kappa shape index (κ3) is 6.53. The summed E-state index contributed by atoms with van der Waals surface area (Å²) >= 11 is 0. The largest absolute Gasteiger partial charge is 0.309 e. The van der Waals surface area contributed by atoms with E-state index >= 15 is 0 Å². The SMILES string of the molecule is CCCCCc1cc(C2=CC3=CC=C4C=C(c5cc(CCCCC)cc(-n6c7ccccc7c7ccccc76)c5)C=C5C=CC(=C2)C3C45)cc(-n2c3ccccc3c3ccccc32)c1. The molecule has 6 aromatic carbocycles. The van der Waals surface area contributed by atoms with Crippen LogP contribution in [0.3, 0.4) is 0 Å². The van der Waals surface area contributed by atoms with E-state index in [-0.39, 0.29) is 0 Å². The first kappa shape index (κ1) is 38.7. The van der Waals surface area contributed by atoms with Gasteiger partial charge in [0.05, 0.1) is 22.1 Å². The lowest BCUT2D eigenvalue weighted by Gasteiger charge is -2.40. The van der Waals surface area contributed by atoms with Crippen LogP contribution >= 0.6 is 0 Å². The van der Waals surface area contributed by atoms with Crippen molar-refractivity contribution in [1.29, 1.82) is 0 Å². The van der Waals surface area contributed by atoms with E-state index in [9.17, 15) is 0 Å². The minimum Gasteiger partial charge on any atom is -0.309 e. The maximum atomic E-state index is 2.50. The summed E-state index contributed by atoms with van der Waals surface area (Å²) in [6, 6.07) is 50.2.